The second kappa shape index (κ2) is 10.6. The maximum atomic E-state index is 13.3. The molecule has 0 saturated carbocycles. The van der Waals surface area contributed by atoms with Crippen LogP contribution in [0.15, 0.2) is 40.8 Å². The lowest BCUT2D eigenvalue weighted by Crippen LogP contribution is -2.45. The van der Waals surface area contributed by atoms with Crippen LogP contribution in [-0.2, 0) is 11.3 Å². The van der Waals surface area contributed by atoms with Gasteiger partial charge >= 0.3 is 0 Å². The summed E-state index contributed by atoms with van der Waals surface area (Å²) in [6.07, 6.45) is 6.80. The molecule has 2 saturated heterocycles. The lowest BCUT2D eigenvalue weighted by molar-refractivity contribution is -0.133. The zero-order valence-corrected chi connectivity index (χ0v) is 21.7. The number of carbonyl (C=O) groups is 1. The summed E-state index contributed by atoms with van der Waals surface area (Å²) in [5.41, 5.74) is 3.08. The van der Waals surface area contributed by atoms with E-state index in [2.05, 4.69) is 35.9 Å². The van der Waals surface area contributed by atoms with Crippen molar-refractivity contribution in [3.63, 3.8) is 0 Å². The minimum atomic E-state index is -0.0597. The third-order valence-electron chi connectivity index (χ3n) is 7.75. The summed E-state index contributed by atoms with van der Waals surface area (Å²) in [7, 11) is 0. The van der Waals surface area contributed by atoms with E-state index in [1.165, 1.54) is 49.3 Å². The summed E-state index contributed by atoms with van der Waals surface area (Å²) in [5, 5.41) is 2.67. The molecule has 1 aromatic carbocycles. The first kappa shape index (κ1) is 24.2. The summed E-state index contributed by atoms with van der Waals surface area (Å²) < 4.78 is 1.61. The number of rotatable bonds is 6. The molecule has 35 heavy (non-hydrogen) atoms. The molecule has 4 heterocycles. The first-order valence-corrected chi connectivity index (χ1v) is 13.9. The lowest BCUT2D eigenvalue weighted by atomic mass is 9.94. The molecule has 2 aliphatic rings. The van der Waals surface area contributed by atoms with E-state index in [0.29, 0.717) is 24.3 Å². The predicted molar refractivity (Wildman–Crippen MR) is 143 cm³/mol. The Labute approximate surface area is 211 Å². The number of aryl methyl sites for hydroxylation is 2. The molecule has 186 valence electrons. The van der Waals surface area contributed by atoms with Gasteiger partial charge in [0.2, 0.25) is 5.91 Å². The van der Waals surface area contributed by atoms with Crippen molar-refractivity contribution in [1.82, 2.24) is 19.4 Å². The number of fused-ring (bicyclic) bond motifs is 1. The fourth-order valence-corrected chi connectivity index (χ4v) is 6.40. The van der Waals surface area contributed by atoms with Gasteiger partial charge in [-0.15, -0.1) is 11.3 Å². The first-order chi connectivity index (χ1) is 17.0. The Bertz CT molecular complexity index is 1220. The van der Waals surface area contributed by atoms with Gasteiger partial charge in [0, 0.05) is 43.5 Å². The van der Waals surface area contributed by atoms with Gasteiger partial charge in [-0.25, -0.2) is 4.98 Å². The SMILES string of the molecule is Cc1ccc(-c2csc3ncn(CCC(=O)N4CCCC(CN5CCC(C)CC5)C4)c(=O)c23)cc1. The van der Waals surface area contributed by atoms with Crippen LogP contribution in [0.1, 0.15) is 44.6 Å². The number of hydrogen-bond acceptors (Lipinski definition) is 5. The molecule has 2 fully saturated rings. The highest BCUT2D eigenvalue weighted by Crippen LogP contribution is 2.30. The monoisotopic (exact) mass is 492 g/mol. The smallest absolute Gasteiger partial charge is 0.262 e. The Morgan fingerprint density at radius 1 is 1.11 bits per heavy atom. The Morgan fingerprint density at radius 2 is 1.89 bits per heavy atom. The highest BCUT2D eigenvalue weighted by atomic mass is 32.1. The second-order valence-corrected chi connectivity index (χ2v) is 11.4. The highest BCUT2D eigenvalue weighted by Gasteiger charge is 2.26. The van der Waals surface area contributed by atoms with Crippen LogP contribution in [0.3, 0.4) is 0 Å². The molecule has 3 aromatic rings. The van der Waals surface area contributed by atoms with Crippen molar-refractivity contribution in [3.05, 3.63) is 51.9 Å². The van der Waals surface area contributed by atoms with Crippen LogP contribution in [0.25, 0.3) is 21.3 Å². The van der Waals surface area contributed by atoms with Crippen LogP contribution in [-0.4, -0.2) is 58.0 Å². The van der Waals surface area contributed by atoms with Gasteiger partial charge in [0.1, 0.15) is 4.83 Å². The van der Waals surface area contributed by atoms with Crippen molar-refractivity contribution >= 4 is 27.5 Å². The lowest BCUT2D eigenvalue weighted by Gasteiger charge is -2.38. The minimum Gasteiger partial charge on any atom is -0.342 e. The molecule has 0 bridgehead atoms. The molecular weight excluding hydrogens is 456 g/mol. The van der Waals surface area contributed by atoms with Gasteiger partial charge in [0.15, 0.2) is 0 Å². The first-order valence-electron chi connectivity index (χ1n) is 13.0. The maximum absolute atomic E-state index is 13.3. The highest BCUT2D eigenvalue weighted by molar-refractivity contribution is 7.17. The molecule has 0 radical (unpaired) electrons. The van der Waals surface area contributed by atoms with Crippen molar-refractivity contribution in [2.45, 2.75) is 52.5 Å². The Hall–Kier alpha value is -2.51. The Kier molecular flexibility index (Phi) is 7.35. The van der Waals surface area contributed by atoms with E-state index < -0.39 is 0 Å². The van der Waals surface area contributed by atoms with Crippen molar-refractivity contribution in [2.75, 3.05) is 32.7 Å². The molecule has 1 unspecified atom stereocenters. The fraction of sp³-hybridized carbons (Fsp3) is 0.536. The van der Waals surface area contributed by atoms with Crippen LogP contribution in [0, 0.1) is 18.8 Å². The van der Waals surface area contributed by atoms with Gasteiger partial charge in [-0.2, -0.15) is 0 Å². The van der Waals surface area contributed by atoms with Gasteiger partial charge in [-0.05, 0) is 63.1 Å². The van der Waals surface area contributed by atoms with E-state index in [9.17, 15) is 9.59 Å². The molecule has 2 aromatic heterocycles. The summed E-state index contributed by atoms with van der Waals surface area (Å²) in [6.45, 7) is 9.94. The molecule has 0 spiro atoms. The fourth-order valence-electron chi connectivity index (χ4n) is 5.50. The molecule has 0 aliphatic carbocycles. The van der Waals surface area contributed by atoms with Crippen molar-refractivity contribution in [2.24, 2.45) is 11.8 Å². The van der Waals surface area contributed by atoms with E-state index in [1.807, 2.05) is 22.4 Å². The molecule has 7 heteroatoms. The minimum absolute atomic E-state index is 0.0597. The van der Waals surface area contributed by atoms with Crippen molar-refractivity contribution < 1.29 is 4.79 Å². The average Bonchev–Trinajstić information content (AvgIpc) is 3.30. The number of thiophene rings is 1. The largest absolute Gasteiger partial charge is 0.342 e. The predicted octanol–water partition coefficient (Wildman–Crippen LogP) is 4.79. The van der Waals surface area contributed by atoms with Gasteiger partial charge in [-0.3, -0.25) is 14.2 Å². The quantitative estimate of drug-likeness (QED) is 0.496. The molecule has 5 rings (SSSR count). The third kappa shape index (κ3) is 5.51. The molecule has 1 amide bonds. The number of hydrogen-bond donors (Lipinski definition) is 0. The summed E-state index contributed by atoms with van der Waals surface area (Å²) in [5.74, 6) is 1.55. The third-order valence-corrected chi connectivity index (χ3v) is 8.64. The van der Waals surface area contributed by atoms with Crippen LogP contribution in [0.2, 0.25) is 0 Å². The summed E-state index contributed by atoms with van der Waals surface area (Å²) in [6, 6.07) is 8.22. The van der Waals surface area contributed by atoms with Gasteiger partial charge in [0.25, 0.3) is 5.56 Å². The van der Waals surface area contributed by atoms with E-state index in [-0.39, 0.29) is 11.5 Å². The molecule has 2 aliphatic heterocycles. The van der Waals surface area contributed by atoms with Crippen LogP contribution < -0.4 is 5.56 Å². The van der Waals surface area contributed by atoms with Crippen molar-refractivity contribution in [3.8, 4) is 11.1 Å². The van der Waals surface area contributed by atoms with Gasteiger partial charge in [-0.1, -0.05) is 36.8 Å². The number of aromatic nitrogens is 2. The van der Waals surface area contributed by atoms with E-state index in [1.54, 1.807) is 10.9 Å². The summed E-state index contributed by atoms with van der Waals surface area (Å²) in [4.78, 5) is 36.3. The number of piperidine rings is 2. The standard InChI is InChI=1S/C28H36N4O2S/c1-20-5-7-23(8-6-20)24-18-35-27-26(24)28(34)32(19-29-27)15-11-25(33)31-12-3-4-22(17-31)16-30-13-9-21(2)10-14-30/h5-8,18-19,21-22H,3-4,9-17H2,1-2H3. The summed E-state index contributed by atoms with van der Waals surface area (Å²) >= 11 is 1.49. The zero-order valence-electron chi connectivity index (χ0n) is 20.9. The molecule has 1 atom stereocenters. The van der Waals surface area contributed by atoms with Crippen LogP contribution in [0.5, 0.6) is 0 Å². The number of likely N-dealkylation sites (tertiary alicyclic amines) is 2. The van der Waals surface area contributed by atoms with Crippen LogP contribution >= 0.6 is 11.3 Å². The maximum Gasteiger partial charge on any atom is 0.262 e. The van der Waals surface area contributed by atoms with Gasteiger partial charge in [0.05, 0.1) is 11.7 Å². The second-order valence-electron chi connectivity index (χ2n) is 10.5. The van der Waals surface area contributed by atoms with E-state index in [4.69, 9.17) is 0 Å². The molecule has 0 N–H and O–H groups in total. The zero-order chi connectivity index (χ0) is 24.4. The number of carbonyl (C=O) groups excluding carboxylic acids is 1. The van der Waals surface area contributed by atoms with Crippen molar-refractivity contribution in [1.29, 1.82) is 0 Å². The average molecular weight is 493 g/mol. The number of amides is 1. The topological polar surface area (TPSA) is 58.4 Å². The normalized spacial score (nSPS) is 19.9. The van der Waals surface area contributed by atoms with E-state index >= 15 is 0 Å². The Balaban J connectivity index is 1.23. The molecule has 6 nitrogen and oxygen atoms in total. The Morgan fingerprint density at radius 3 is 2.66 bits per heavy atom. The molecular formula is C28H36N4O2S. The van der Waals surface area contributed by atoms with Crippen LogP contribution in [0.4, 0.5) is 0 Å². The number of benzene rings is 1. The van der Waals surface area contributed by atoms with Gasteiger partial charge < -0.3 is 9.80 Å². The number of nitrogens with zero attached hydrogens (tertiary/aromatic N) is 4. The van der Waals surface area contributed by atoms with E-state index in [0.717, 1.165) is 47.9 Å².